The van der Waals surface area contributed by atoms with E-state index < -0.39 is 16.9 Å². The van der Waals surface area contributed by atoms with Gasteiger partial charge >= 0.3 is 5.97 Å². The Balaban J connectivity index is 2.64. The molecule has 22 heavy (non-hydrogen) atoms. The second-order valence-electron chi connectivity index (χ2n) is 5.93. The quantitative estimate of drug-likeness (QED) is 0.902. The second kappa shape index (κ2) is 5.32. The van der Waals surface area contributed by atoms with E-state index in [0.717, 1.165) is 4.73 Å². The van der Waals surface area contributed by atoms with Crippen molar-refractivity contribution in [2.24, 2.45) is 5.41 Å². The molecule has 0 spiro atoms. The summed E-state index contributed by atoms with van der Waals surface area (Å²) >= 11 is 0. The lowest BCUT2D eigenvalue weighted by Gasteiger charge is -2.18. The zero-order valence-corrected chi connectivity index (χ0v) is 13.1. The molecule has 1 aromatic carbocycles. The molecule has 0 saturated heterocycles. The fraction of sp³-hybridized carbons (Fsp3) is 0.400. The van der Waals surface area contributed by atoms with Crippen LogP contribution < -0.4 is 15.1 Å². The number of carbonyl (C=O) groups is 1. The van der Waals surface area contributed by atoms with Crippen molar-refractivity contribution >= 4 is 16.9 Å². The van der Waals surface area contributed by atoms with Crippen molar-refractivity contribution in [2.45, 2.75) is 27.7 Å². The van der Waals surface area contributed by atoms with E-state index in [1.807, 2.05) is 0 Å². The number of hydrogen-bond acceptors (Lipinski definition) is 6. The summed E-state index contributed by atoms with van der Waals surface area (Å²) in [4.78, 5) is 33.8. The lowest BCUT2D eigenvalue weighted by molar-refractivity contribution is -0.154. The van der Waals surface area contributed by atoms with Gasteiger partial charge in [-0.3, -0.25) is 4.79 Å². The standard InChI is InChI=1S/C15H18N2O5/c1-8-16-10-7-11(18)12(21-5)6-9(10)13(19)17(8)22-14(20)15(2,3)4/h6-7,18H,1-5H3. The highest BCUT2D eigenvalue weighted by molar-refractivity contribution is 5.82. The van der Waals surface area contributed by atoms with E-state index in [4.69, 9.17) is 9.57 Å². The number of aromatic hydroxyl groups is 1. The van der Waals surface area contributed by atoms with Gasteiger partial charge < -0.3 is 14.7 Å². The Kier molecular flexibility index (Phi) is 3.83. The first-order chi connectivity index (χ1) is 10.1. The van der Waals surface area contributed by atoms with Crippen LogP contribution in [0.4, 0.5) is 0 Å². The molecule has 1 heterocycles. The molecule has 0 amide bonds. The highest BCUT2D eigenvalue weighted by atomic mass is 16.7. The molecule has 1 N–H and O–H groups in total. The highest BCUT2D eigenvalue weighted by Crippen LogP contribution is 2.28. The third kappa shape index (κ3) is 2.74. The van der Waals surface area contributed by atoms with Crippen molar-refractivity contribution in [1.82, 2.24) is 9.71 Å². The van der Waals surface area contributed by atoms with Crippen LogP contribution in [0.25, 0.3) is 10.9 Å². The van der Waals surface area contributed by atoms with Crippen LogP contribution in [0, 0.1) is 12.3 Å². The molecule has 7 nitrogen and oxygen atoms in total. The normalized spacial score (nSPS) is 11.5. The van der Waals surface area contributed by atoms with E-state index in [0.29, 0.717) is 5.52 Å². The van der Waals surface area contributed by atoms with Gasteiger partial charge in [-0.1, -0.05) is 0 Å². The predicted octanol–water partition coefficient (Wildman–Crippen LogP) is 1.42. The maximum atomic E-state index is 12.5. The first-order valence-corrected chi connectivity index (χ1v) is 6.68. The molecule has 0 aliphatic carbocycles. The summed E-state index contributed by atoms with van der Waals surface area (Å²) in [5.74, 6) is -0.320. The van der Waals surface area contributed by atoms with Crippen LogP contribution in [0.2, 0.25) is 0 Å². The molecule has 1 aromatic heterocycles. The van der Waals surface area contributed by atoms with Crippen molar-refractivity contribution in [3.63, 3.8) is 0 Å². The van der Waals surface area contributed by atoms with E-state index in [-0.39, 0.29) is 22.7 Å². The summed E-state index contributed by atoms with van der Waals surface area (Å²) in [6.07, 6.45) is 0. The van der Waals surface area contributed by atoms with Crippen LogP contribution in [-0.4, -0.2) is 27.9 Å². The molecule has 0 saturated carbocycles. The fourth-order valence-electron chi connectivity index (χ4n) is 1.79. The predicted molar refractivity (Wildman–Crippen MR) is 80.0 cm³/mol. The fourth-order valence-corrected chi connectivity index (χ4v) is 1.79. The number of phenols is 1. The molecular weight excluding hydrogens is 288 g/mol. The van der Waals surface area contributed by atoms with E-state index in [1.54, 1.807) is 20.8 Å². The summed E-state index contributed by atoms with van der Waals surface area (Å²) < 4.78 is 5.83. The third-order valence-corrected chi connectivity index (χ3v) is 3.07. The van der Waals surface area contributed by atoms with Crippen molar-refractivity contribution in [1.29, 1.82) is 0 Å². The lowest BCUT2D eigenvalue weighted by atomic mass is 9.98. The zero-order chi connectivity index (χ0) is 16.7. The largest absolute Gasteiger partial charge is 0.504 e. The number of nitrogens with zero attached hydrogens (tertiary/aromatic N) is 2. The number of ether oxygens (including phenoxy) is 1. The molecular formula is C15H18N2O5. The van der Waals surface area contributed by atoms with Crippen LogP contribution in [0.3, 0.4) is 0 Å². The maximum Gasteiger partial charge on any atom is 0.338 e. The van der Waals surface area contributed by atoms with Crippen molar-refractivity contribution in [3.8, 4) is 11.5 Å². The Morgan fingerprint density at radius 1 is 1.32 bits per heavy atom. The summed E-state index contributed by atoms with van der Waals surface area (Å²) in [6, 6.07) is 2.69. The minimum absolute atomic E-state index is 0.120. The number of aromatic nitrogens is 2. The van der Waals surface area contributed by atoms with Crippen LogP contribution in [-0.2, 0) is 4.79 Å². The van der Waals surface area contributed by atoms with Crippen LogP contribution in [0.15, 0.2) is 16.9 Å². The van der Waals surface area contributed by atoms with Gasteiger partial charge in [0.25, 0.3) is 5.56 Å². The number of methoxy groups -OCH3 is 1. The number of aryl methyl sites for hydroxylation is 1. The Morgan fingerprint density at radius 3 is 2.50 bits per heavy atom. The van der Waals surface area contributed by atoms with Gasteiger partial charge in [-0.15, -0.1) is 4.73 Å². The van der Waals surface area contributed by atoms with E-state index in [1.165, 1.54) is 26.2 Å². The van der Waals surface area contributed by atoms with Gasteiger partial charge in [0.2, 0.25) is 0 Å². The van der Waals surface area contributed by atoms with Gasteiger partial charge in [-0.2, -0.15) is 0 Å². The molecule has 0 aliphatic heterocycles. The molecule has 0 unspecified atom stereocenters. The molecule has 7 heteroatoms. The second-order valence-corrected chi connectivity index (χ2v) is 5.93. The van der Waals surface area contributed by atoms with Crippen LogP contribution in [0.5, 0.6) is 11.5 Å². The maximum absolute atomic E-state index is 12.5. The summed E-state index contributed by atoms with van der Waals surface area (Å²) in [6.45, 7) is 6.60. The average Bonchev–Trinajstić information content (AvgIpc) is 2.41. The molecule has 0 bridgehead atoms. The van der Waals surface area contributed by atoms with Gasteiger partial charge in [0.15, 0.2) is 11.5 Å². The Hall–Kier alpha value is -2.57. The number of phenolic OH excluding ortho intramolecular Hbond substituents is 1. The summed E-state index contributed by atoms with van der Waals surface area (Å²) in [5, 5.41) is 9.93. The minimum atomic E-state index is -0.756. The van der Waals surface area contributed by atoms with Crippen molar-refractivity contribution < 1.29 is 19.5 Å². The SMILES string of the molecule is COc1cc2c(=O)n(OC(=O)C(C)(C)C)c(C)nc2cc1O. The Bertz CT molecular complexity index is 802. The smallest absolute Gasteiger partial charge is 0.338 e. The van der Waals surface area contributed by atoms with Crippen molar-refractivity contribution in [3.05, 3.63) is 28.3 Å². The van der Waals surface area contributed by atoms with E-state index in [9.17, 15) is 14.7 Å². The third-order valence-electron chi connectivity index (χ3n) is 3.07. The monoisotopic (exact) mass is 306 g/mol. The van der Waals surface area contributed by atoms with Gasteiger partial charge in [0.1, 0.15) is 5.82 Å². The highest BCUT2D eigenvalue weighted by Gasteiger charge is 2.26. The molecule has 0 fully saturated rings. The Morgan fingerprint density at radius 2 is 1.95 bits per heavy atom. The lowest BCUT2D eigenvalue weighted by Crippen LogP contribution is -2.38. The van der Waals surface area contributed by atoms with E-state index in [2.05, 4.69) is 4.98 Å². The average molecular weight is 306 g/mol. The van der Waals surface area contributed by atoms with Gasteiger partial charge in [0.05, 0.1) is 23.4 Å². The summed E-state index contributed by atoms with van der Waals surface area (Å²) in [7, 11) is 1.38. The van der Waals surface area contributed by atoms with Crippen molar-refractivity contribution in [2.75, 3.05) is 7.11 Å². The molecule has 2 aromatic rings. The summed E-state index contributed by atoms with van der Waals surface area (Å²) in [5.41, 5.74) is -1.00. The van der Waals surface area contributed by atoms with Gasteiger partial charge in [-0.25, -0.2) is 9.78 Å². The molecule has 118 valence electrons. The minimum Gasteiger partial charge on any atom is -0.504 e. The van der Waals surface area contributed by atoms with Crippen LogP contribution >= 0.6 is 0 Å². The molecule has 0 radical (unpaired) electrons. The number of hydrogen-bond donors (Lipinski definition) is 1. The number of benzene rings is 1. The molecule has 0 atom stereocenters. The van der Waals surface area contributed by atoms with Gasteiger partial charge in [0, 0.05) is 6.07 Å². The topological polar surface area (TPSA) is 90.7 Å². The van der Waals surface area contributed by atoms with Crippen LogP contribution in [0.1, 0.15) is 26.6 Å². The first-order valence-electron chi connectivity index (χ1n) is 6.68. The number of rotatable bonds is 2. The molecule has 2 rings (SSSR count). The Labute approximate surface area is 127 Å². The first kappa shape index (κ1) is 15.8. The molecule has 0 aliphatic rings. The van der Waals surface area contributed by atoms with Gasteiger partial charge in [-0.05, 0) is 33.8 Å². The van der Waals surface area contributed by atoms with E-state index >= 15 is 0 Å². The number of carbonyl (C=O) groups excluding carboxylic acids is 1. The number of fused-ring (bicyclic) bond motifs is 1. The zero-order valence-electron chi connectivity index (χ0n) is 13.1.